The van der Waals surface area contributed by atoms with Crippen LogP contribution in [0.25, 0.3) is 0 Å². The Morgan fingerprint density at radius 1 is 1.18 bits per heavy atom. The second kappa shape index (κ2) is 8.09. The maximum atomic E-state index is 5.61. The van der Waals surface area contributed by atoms with Crippen LogP contribution in [-0.2, 0) is 4.74 Å². The smallest absolute Gasteiger partial charge is 0.118 e. The first-order valence-electron chi connectivity index (χ1n) is 6.26. The lowest BCUT2D eigenvalue weighted by Gasteiger charge is -2.18. The van der Waals surface area contributed by atoms with E-state index in [0.29, 0.717) is 6.61 Å². The summed E-state index contributed by atoms with van der Waals surface area (Å²) < 4.78 is 10.8. The van der Waals surface area contributed by atoms with E-state index >= 15 is 0 Å². The molecule has 1 unspecified atom stereocenters. The molecule has 0 aliphatic carbocycles. The van der Waals surface area contributed by atoms with Gasteiger partial charge in [0.05, 0.1) is 19.8 Å². The highest BCUT2D eigenvalue weighted by atomic mass is 16.5. The van der Waals surface area contributed by atoms with Gasteiger partial charge in [0.15, 0.2) is 0 Å². The maximum absolute atomic E-state index is 5.61. The van der Waals surface area contributed by atoms with Crippen LogP contribution in [0.5, 0.6) is 5.75 Å². The van der Waals surface area contributed by atoms with Crippen LogP contribution >= 0.6 is 0 Å². The first-order valence-corrected chi connectivity index (χ1v) is 6.26. The Morgan fingerprint density at radius 3 is 2.41 bits per heavy atom. The number of benzene rings is 1. The summed E-state index contributed by atoms with van der Waals surface area (Å²) in [4.78, 5) is 0. The molecule has 0 bridgehead atoms. The topological polar surface area (TPSA) is 30.5 Å². The lowest BCUT2D eigenvalue weighted by atomic mass is 10.1. The predicted molar refractivity (Wildman–Crippen MR) is 70.5 cm³/mol. The quantitative estimate of drug-likeness (QED) is 0.705. The van der Waals surface area contributed by atoms with Crippen molar-refractivity contribution in [2.75, 3.05) is 26.9 Å². The van der Waals surface area contributed by atoms with Crippen molar-refractivity contribution < 1.29 is 9.47 Å². The molecule has 0 amide bonds. The molecule has 1 atom stereocenters. The molecule has 1 N–H and O–H groups in total. The third kappa shape index (κ3) is 4.75. The van der Waals surface area contributed by atoms with Gasteiger partial charge in [-0.15, -0.1) is 0 Å². The summed E-state index contributed by atoms with van der Waals surface area (Å²) in [5.41, 5.74) is 1.24. The molecule has 0 fully saturated rings. The molecule has 17 heavy (non-hydrogen) atoms. The lowest BCUT2D eigenvalue weighted by molar-refractivity contribution is 0.112. The van der Waals surface area contributed by atoms with E-state index < -0.39 is 0 Å². The number of rotatable bonds is 8. The first kappa shape index (κ1) is 14.0. The van der Waals surface area contributed by atoms with Gasteiger partial charge >= 0.3 is 0 Å². The van der Waals surface area contributed by atoms with Gasteiger partial charge in [0.2, 0.25) is 0 Å². The standard InChI is InChI=1S/C14H23NO2/c1-4-10-17-11-14(15-5-2)12-6-8-13(16-3)9-7-12/h6-9,14-15H,4-5,10-11H2,1-3H3. The Morgan fingerprint density at radius 2 is 1.88 bits per heavy atom. The van der Waals surface area contributed by atoms with Crippen LogP contribution < -0.4 is 10.1 Å². The van der Waals surface area contributed by atoms with Crippen LogP contribution in [-0.4, -0.2) is 26.9 Å². The molecule has 0 aromatic heterocycles. The van der Waals surface area contributed by atoms with Gasteiger partial charge in [-0.1, -0.05) is 26.0 Å². The zero-order valence-corrected chi connectivity index (χ0v) is 11.0. The summed E-state index contributed by atoms with van der Waals surface area (Å²) in [6.45, 7) is 6.70. The second-order valence-corrected chi connectivity index (χ2v) is 3.96. The van der Waals surface area contributed by atoms with Gasteiger partial charge in [-0.05, 0) is 30.7 Å². The van der Waals surface area contributed by atoms with Crippen molar-refractivity contribution in [2.45, 2.75) is 26.3 Å². The minimum atomic E-state index is 0.262. The van der Waals surface area contributed by atoms with Crippen molar-refractivity contribution >= 4 is 0 Å². The molecule has 0 heterocycles. The fraction of sp³-hybridized carbons (Fsp3) is 0.571. The molecule has 1 aromatic carbocycles. The molecular weight excluding hydrogens is 214 g/mol. The minimum absolute atomic E-state index is 0.262. The number of likely N-dealkylation sites (N-methyl/N-ethyl adjacent to an activating group) is 1. The van der Waals surface area contributed by atoms with Gasteiger partial charge < -0.3 is 14.8 Å². The molecule has 0 radical (unpaired) electrons. The van der Waals surface area contributed by atoms with Crippen molar-refractivity contribution in [3.8, 4) is 5.75 Å². The van der Waals surface area contributed by atoms with Gasteiger partial charge in [-0.2, -0.15) is 0 Å². The SMILES string of the molecule is CCCOCC(NCC)c1ccc(OC)cc1. The van der Waals surface area contributed by atoms with E-state index in [9.17, 15) is 0 Å². The van der Waals surface area contributed by atoms with E-state index in [0.717, 1.165) is 25.3 Å². The Bertz CT molecular complexity index is 298. The third-order valence-corrected chi connectivity index (χ3v) is 2.60. The van der Waals surface area contributed by atoms with Crippen molar-refractivity contribution in [2.24, 2.45) is 0 Å². The number of hydrogen-bond acceptors (Lipinski definition) is 3. The Labute approximate surface area is 104 Å². The van der Waals surface area contributed by atoms with Crippen molar-refractivity contribution in [1.82, 2.24) is 5.32 Å². The first-order chi connectivity index (χ1) is 8.31. The third-order valence-electron chi connectivity index (χ3n) is 2.60. The summed E-state index contributed by atoms with van der Waals surface area (Å²) in [7, 11) is 1.68. The van der Waals surface area contributed by atoms with E-state index in [2.05, 4.69) is 31.3 Å². The summed E-state index contributed by atoms with van der Waals surface area (Å²) in [6.07, 6.45) is 1.06. The maximum Gasteiger partial charge on any atom is 0.118 e. The minimum Gasteiger partial charge on any atom is -0.497 e. The average molecular weight is 237 g/mol. The molecule has 0 aliphatic heterocycles. The molecule has 1 aromatic rings. The Kier molecular flexibility index (Phi) is 6.67. The van der Waals surface area contributed by atoms with E-state index in [1.165, 1.54) is 5.56 Å². The average Bonchev–Trinajstić information content (AvgIpc) is 2.38. The van der Waals surface area contributed by atoms with Crippen LogP contribution in [0.1, 0.15) is 31.9 Å². The van der Waals surface area contributed by atoms with Gasteiger partial charge in [-0.3, -0.25) is 0 Å². The molecule has 3 nitrogen and oxygen atoms in total. The highest BCUT2D eigenvalue weighted by Crippen LogP contribution is 2.18. The van der Waals surface area contributed by atoms with Gasteiger partial charge in [0.25, 0.3) is 0 Å². The number of ether oxygens (including phenoxy) is 2. The number of hydrogen-bond donors (Lipinski definition) is 1. The molecule has 0 saturated carbocycles. The highest BCUT2D eigenvalue weighted by Gasteiger charge is 2.10. The molecule has 96 valence electrons. The Balaban J connectivity index is 2.60. The van der Waals surface area contributed by atoms with Crippen LogP contribution in [0.2, 0.25) is 0 Å². The number of methoxy groups -OCH3 is 1. The molecule has 0 spiro atoms. The molecule has 3 heteroatoms. The van der Waals surface area contributed by atoms with Crippen LogP contribution in [0.4, 0.5) is 0 Å². The van der Waals surface area contributed by atoms with E-state index in [1.807, 2.05) is 12.1 Å². The van der Waals surface area contributed by atoms with Gasteiger partial charge in [0.1, 0.15) is 5.75 Å². The summed E-state index contributed by atoms with van der Waals surface area (Å²) in [5.74, 6) is 0.887. The monoisotopic (exact) mass is 237 g/mol. The fourth-order valence-electron chi connectivity index (χ4n) is 1.70. The van der Waals surface area contributed by atoms with Gasteiger partial charge in [-0.25, -0.2) is 0 Å². The second-order valence-electron chi connectivity index (χ2n) is 3.96. The normalized spacial score (nSPS) is 12.4. The predicted octanol–water partition coefficient (Wildman–Crippen LogP) is 2.77. The van der Waals surface area contributed by atoms with E-state index in [-0.39, 0.29) is 6.04 Å². The molecule has 0 aliphatic rings. The number of nitrogens with one attached hydrogen (secondary N) is 1. The molecule has 0 saturated heterocycles. The van der Waals surface area contributed by atoms with Crippen LogP contribution in [0.3, 0.4) is 0 Å². The Hall–Kier alpha value is -1.06. The van der Waals surface area contributed by atoms with Gasteiger partial charge in [0, 0.05) is 6.61 Å². The van der Waals surface area contributed by atoms with Crippen LogP contribution in [0, 0.1) is 0 Å². The van der Waals surface area contributed by atoms with E-state index in [4.69, 9.17) is 9.47 Å². The lowest BCUT2D eigenvalue weighted by Crippen LogP contribution is -2.25. The van der Waals surface area contributed by atoms with Crippen molar-refractivity contribution in [1.29, 1.82) is 0 Å². The summed E-state index contributed by atoms with van der Waals surface area (Å²) >= 11 is 0. The zero-order valence-electron chi connectivity index (χ0n) is 11.0. The van der Waals surface area contributed by atoms with E-state index in [1.54, 1.807) is 7.11 Å². The van der Waals surface area contributed by atoms with Crippen molar-refractivity contribution in [3.63, 3.8) is 0 Å². The summed E-state index contributed by atoms with van der Waals surface area (Å²) in [5, 5.41) is 3.43. The molecule has 1 rings (SSSR count). The molecular formula is C14H23NO2. The largest absolute Gasteiger partial charge is 0.497 e. The summed E-state index contributed by atoms with van der Waals surface area (Å²) in [6, 6.07) is 8.40. The zero-order chi connectivity index (χ0) is 12.5. The fourth-order valence-corrected chi connectivity index (χ4v) is 1.70. The van der Waals surface area contributed by atoms with Crippen molar-refractivity contribution in [3.05, 3.63) is 29.8 Å². The van der Waals surface area contributed by atoms with Crippen LogP contribution in [0.15, 0.2) is 24.3 Å². The highest BCUT2D eigenvalue weighted by molar-refractivity contribution is 5.29.